The lowest BCUT2D eigenvalue weighted by Gasteiger charge is -2.20. The lowest BCUT2D eigenvalue weighted by atomic mass is 9.87. The smallest absolute Gasteiger partial charge is 0.224 e. The molecule has 0 aliphatic heterocycles. The Labute approximate surface area is 143 Å². The first-order chi connectivity index (χ1) is 11.8. The maximum Gasteiger partial charge on any atom is 0.224 e. The van der Waals surface area contributed by atoms with E-state index in [-0.39, 0.29) is 5.91 Å². The van der Waals surface area contributed by atoms with Gasteiger partial charge >= 0.3 is 0 Å². The Morgan fingerprint density at radius 3 is 2.71 bits per heavy atom. The Bertz CT molecular complexity index is 725. The standard InChI is InChI=1S/C21H27NO2/c23-21(13-15-7-3-1-4-8-15)22-16-11-12-20-18(14-16)17-9-5-2-6-10-19(17)24-20/h11-12,14-15H,1-10,13H2,(H,22,23). The van der Waals surface area contributed by atoms with Crippen LogP contribution in [0.3, 0.4) is 0 Å². The van der Waals surface area contributed by atoms with Crippen molar-refractivity contribution >= 4 is 22.6 Å². The third kappa shape index (κ3) is 3.35. The van der Waals surface area contributed by atoms with E-state index in [9.17, 15) is 4.79 Å². The molecule has 0 spiro atoms. The van der Waals surface area contributed by atoms with Crippen molar-refractivity contribution < 1.29 is 9.21 Å². The molecule has 1 aromatic carbocycles. The molecule has 3 nitrogen and oxygen atoms in total. The second-order valence-electron chi connectivity index (χ2n) is 7.53. The zero-order chi connectivity index (χ0) is 16.4. The summed E-state index contributed by atoms with van der Waals surface area (Å²) in [7, 11) is 0. The van der Waals surface area contributed by atoms with Crippen LogP contribution in [0.4, 0.5) is 5.69 Å². The van der Waals surface area contributed by atoms with Crippen molar-refractivity contribution in [3.63, 3.8) is 0 Å². The number of furan rings is 1. The van der Waals surface area contributed by atoms with Crippen molar-refractivity contribution in [2.75, 3.05) is 5.32 Å². The molecule has 24 heavy (non-hydrogen) atoms. The van der Waals surface area contributed by atoms with Crippen molar-refractivity contribution in [1.29, 1.82) is 0 Å². The summed E-state index contributed by atoms with van der Waals surface area (Å²) in [5, 5.41) is 4.31. The highest BCUT2D eigenvalue weighted by molar-refractivity contribution is 5.94. The fourth-order valence-electron chi connectivity index (χ4n) is 4.38. The third-order valence-corrected chi connectivity index (χ3v) is 5.69. The molecule has 0 saturated heterocycles. The number of anilines is 1. The first kappa shape index (κ1) is 15.7. The van der Waals surface area contributed by atoms with E-state index in [1.165, 1.54) is 62.3 Å². The first-order valence-electron chi connectivity index (χ1n) is 9.64. The van der Waals surface area contributed by atoms with Gasteiger partial charge in [-0.15, -0.1) is 0 Å². The van der Waals surface area contributed by atoms with Crippen molar-refractivity contribution in [1.82, 2.24) is 0 Å². The summed E-state index contributed by atoms with van der Waals surface area (Å²) >= 11 is 0. The number of hydrogen-bond acceptors (Lipinski definition) is 2. The van der Waals surface area contributed by atoms with E-state index in [0.717, 1.165) is 29.9 Å². The lowest BCUT2D eigenvalue weighted by molar-refractivity contribution is -0.117. The topological polar surface area (TPSA) is 42.2 Å². The quantitative estimate of drug-likeness (QED) is 0.745. The normalized spacial score (nSPS) is 19.0. The van der Waals surface area contributed by atoms with Gasteiger partial charge in [0, 0.05) is 29.5 Å². The van der Waals surface area contributed by atoms with Gasteiger partial charge in [0.1, 0.15) is 11.3 Å². The molecule has 0 radical (unpaired) electrons. The van der Waals surface area contributed by atoms with E-state index in [1.807, 2.05) is 12.1 Å². The number of benzene rings is 1. The summed E-state index contributed by atoms with van der Waals surface area (Å²) in [5.74, 6) is 1.90. The predicted octanol–water partition coefficient (Wildman–Crippen LogP) is 5.61. The summed E-state index contributed by atoms with van der Waals surface area (Å²) in [4.78, 5) is 12.4. The van der Waals surface area contributed by atoms with Crippen LogP contribution in [-0.2, 0) is 17.6 Å². The molecule has 1 fully saturated rings. The maximum absolute atomic E-state index is 12.4. The number of aryl methyl sites for hydroxylation is 2. The van der Waals surface area contributed by atoms with E-state index >= 15 is 0 Å². The zero-order valence-electron chi connectivity index (χ0n) is 14.4. The molecular formula is C21H27NO2. The summed E-state index contributed by atoms with van der Waals surface area (Å²) in [5.41, 5.74) is 3.24. The Morgan fingerprint density at radius 1 is 1.04 bits per heavy atom. The van der Waals surface area contributed by atoms with Gasteiger partial charge in [0.25, 0.3) is 0 Å². The average molecular weight is 325 g/mol. The maximum atomic E-state index is 12.4. The fourth-order valence-corrected chi connectivity index (χ4v) is 4.38. The minimum absolute atomic E-state index is 0.163. The molecule has 2 aromatic rings. The Balaban J connectivity index is 1.49. The Kier molecular flexibility index (Phi) is 4.59. The molecule has 2 aliphatic rings. The second kappa shape index (κ2) is 7.00. The SMILES string of the molecule is O=C(CC1CCCCC1)Nc1ccc2oc3c(c2c1)CCCCC3. The molecule has 1 saturated carbocycles. The highest BCUT2D eigenvalue weighted by Gasteiger charge is 2.19. The van der Waals surface area contributed by atoms with Crippen LogP contribution in [0.25, 0.3) is 11.0 Å². The van der Waals surface area contributed by atoms with Crippen LogP contribution in [0.5, 0.6) is 0 Å². The van der Waals surface area contributed by atoms with Gasteiger partial charge in [0.2, 0.25) is 5.91 Å². The van der Waals surface area contributed by atoms with E-state index in [1.54, 1.807) is 0 Å². The van der Waals surface area contributed by atoms with Crippen LogP contribution in [-0.4, -0.2) is 5.91 Å². The fraction of sp³-hybridized carbons (Fsp3) is 0.571. The molecule has 128 valence electrons. The molecule has 4 rings (SSSR count). The van der Waals surface area contributed by atoms with E-state index in [0.29, 0.717) is 12.3 Å². The number of rotatable bonds is 3. The molecule has 0 atom stereocenters. The molecule has 1 aromatic heterocycles. The molecule has 0 unspecified atom stereocenters. The van der Waals surface area contributed by atoms with Crippen molar-refractivity contribution in [3.05, 3.63) is 29.5 Å². The van der Waals surface area contributed by atoms with Crippen LogP contribution in [0.2, 0.25) is 0 Å². The highest BCUT2D eigenvalue weighted by Crippen LogP contribution is 2.33. The van der Waals surface area contributed by atoms with Gasteiger partial charge in [-0.1, -0.05) is 25.7 Å². The van der Waals surface area contributed by atoms with Crippen molar-refractivity contribution in [2.45, 2.75) is 70.6 Å². The van der Waals surface area contributed by atoms with Gasteiger partial charge < -0.3 is 9.73 Å². The molecule has 3 heteroatoms. The second-order valence-corrected chi connectivity index (χ2v) is 7.53. The third-order valence-electron chi connectivity index (χ3n) is 5.69. The number of carbonyl (C=O) groups is 1. The molecular weight excluding hydrogens is 298 g/mol. The van der Waals surface area contributed by atoms with Crippen molar-refractivity contribution in [2.24, 2.45) is 5.92 Å². The molecule has 1 amide bonds. The Hall–Kier alpha value is -1.77. The zero-order valence-corrected chi connectivity index (χ0v) is 14.4. The molecule has 2 aliphatic carbocycles. The van der Waals surface area contributed by atoms with Gasteiger partial charge in [0.15, 0.2) is 0 Å². The van der Waals surface area contributed by atoms with Gasteiger partial charge in [-0.3, -0.25) is 4.79 Å². The Morgan fingerprint density at radius 2 is 1.83 bits per heavy atom. The minimum atomic E-state index is 0.163. The monoisotopic (exact) mass is 325 g/mol. The van der Waals surface area contributed by atoms with Gasteiger partial charge in [0.05, 0.1) is 0 Å². The summed E-state index contributed by atoms with van der Waals surface area (Å²) in [6.07, 6.45) is 12.9. The molecule has 0 bridgehead atoms. The summed E-state index contributed by atoms with van der Waals surface area (Å²) in [6.45, 7) is 0. The summed E-state index contributed by atoms with van der Waals surface area (Å²) in [6, 6.07) is 6.10. The highest BCUT2D eigenvalue weighted by atomic mass is 16.3. The van der Waals surface area contributed by atoms with Crippen LogP contribution < -0.4 is 5.32 Å². The van der Waals surface area contributed by atoms with Crippen LogP contribution in [0.1, 0.15) is 69.1 Å². The van der Waals surface area contributed by atoms with Crippen molar-refractivity contribution in [3.8, 4) is 0 Å². The van der Waals surface area contributed by atoms with Gasteiger partial charge in [-0.25, -0.2) is 0 Å². The summed E-state index contributed by atoms with van der Waals surface area (Å²) < 4.78 is 6.04. The van der Waals surface area contributed by atoms with E-state index < -0.39 is 0 Å². The van der Waals surface area contributed by atoms with Crippen LogP contribution >= 0.6 is 0 Å². The number of hydrogen-bond donors (Lipinski definition) is 1. The molecule has 1 N–H and O–H groups in total. The number of carbonyl (C=O) groups excluding carboxylic acids is 1. The van der Waals surface area contributed by atoms with Crippen LogP contribution in [0, 0.1) is 5.92 Å². The average Bonchev–Trinajstić information content (AvgIpc) is 2.77. The lowest BCUT2D eigenvalue weighted by Crippen LogP contribution is -2.18. The predicted molar refractivity (Wildman–Crippen MR) is 97.3 cm³/mol. The van der Waals surface area contributed by atoms with E-state index in [2.05, 4.69) is 11.4 Å². The van der Waals surface area contributed by atoms with E-state index in [4.69, 9.17) is 4.42 Å². The van der Waals surface area contributed by atoms with Gasteiger partial charge in [-0.2, -0.15) is 0 Å². The number of fused-ring (bicyclic) bond motifs is 3. The van der Waals surface area contributed by atoms with Gasteiger partial charge in [-0.05, 0) is 56.2 Å². The molecule has 1 heterocycles. The minimum Gasteiger partial charge on any atom is -0.461 e. The van der Waals surface area contributed by atoms with Crippen LogP contribution in [0.15, 0.2) is 22.6 Å². The number of nitrogens with one attached hydrogen (secondary N) is 1. The number of amides is 1. The largest absolute Gasteiger partial charge is 0.461 e. The first-order valence-corrected chi connectivity index (χ1v) is 9.64.